The fourth-order valence-corrected chi connectivity index (χ4v) is 0.861. The summed E-state index contributed by atoms with van der Waals surface area (Å²) in [6.07, 6.45) is 6.20. The molecule has 2 radical (unpaired) electrons. The van der Waals surface area contributed by atoms with Gasteiger partial charge in [-0.05, 0) is 0 Å². The fraction of sp³-hybridized carbons (Fsp3) is 1.00. The second-order valence-electron chi connectivity index (χ2n) is 2.84. The minimum absolute atomic E-state index is 0.733. The van der Waals surface area contributed by atoms with Crippen molar-refractivity contribution < 1.29 is 0 Å². The zero-order valence-corrected chi connectivity index (χ0v) is 6.69. The summed E-state index contributed by atoms with van der Waals surface area (Å²) in [5.74, 6) is 0.733. The first-order valence-corrected chi connectivity index (χ1v) is 4.01. The normalized spacial score (nSPS) is 13.6. The Bertz CT molecular complexity index is 52.5. The first-order valence-electron chi connectivity index (χ1n) is 4.01. The lowest BCUT2D eigenvalue weighted by Crippen LogP contribution is -1.92. The lowest BCUT2D eigenvalue weighted by Gasteiger charge is -2.05. The van der Waals surface area contributed by atoms with Crippen LogP contribution in [0.2, 0.25) is 6.32 Å². The minimum atomic E-state index is 0.733. The van der Waals surface area contributed by atoms with Crippen LogP contribution in [-0.4, -0.2) is 7.85 Å². The van der Waals surface area contributed by atoms with Gasteiger partial charge in [0.1, 0.15) is 0 Å². The van der Waals surface area contributed by atoms with Crippen LogP contribution >= 0.6 is 0 Å². The molecule has 0 spiro atoms. The number of rotatable bonds is 5. The molecule has 0 heterocycles. The average Bonchev–Trinajstić information content (AvgIpc) is 1.89. The van der Waals surface area contributed by atoms with Crippen molar-refractivity contribution in [3.63, 3.8) is 0 Å². The van der Waals surface area contributed by atoms with Crippen molar-refractivity contribution in [2.75, 3.05) is 0 Å². The Morgan fingerprint density at radius 1 is 1.33 bits per heavy atom. The van der Waals surface area contributed by atoms with Gasteiger partial charge in [0.05, 0.1) is 7.85 Å². The van der Waals surface area contributed by atoms with Crippen molar-refractivity contribution in [3.05, 3.63) is 0 Å². The van der Waals surface area contributed by atoms with Gasteiger partial charge in [-0.15, -0.1) is 0 Å². The predicted octanol–water partition coefficient (Wildman–Crippen LogP) is 2.79. The van der Waals surface area contributed by atoms with Gasteiger partial charge in [-0.3, -0.25) is 0 Å². The third-order valence-electron chi connectivity index (χ3n) is 1.70. The summed E-state index contributed by atoms with van der Waals surface area (Å²) in [7, 11) is 5.45. The van der Waals surface area contributed by atoms with Gasteiger partial charge in [0.25, 0.3) is 0 Å². The molecule has 0 bridgehead atoms. The smallest absolute Gasteiger partial charge is 0.0656 e. The number of unbranched alkanes of at least 4 members (excludes halogenated alkanes) is 2. The summed E-state index contributed by atoms with van der Waals surface area (Å²) < 4.78 is 0. The highest BCUT2D eigenvalue weighted by molar-refractivity contribution is 6.08. The Hall–Kier alpha value is 0.0649. The highest BCUT2D eigenvalue weighted by Crippen LogP contribution is 2.10. The molecule has 0 aliphatic heterocycles. The molecule has 1 heteroatoms. The first kappa shape index (κ1) is 9.06. The molecule has 0 amide bonds. The van der Waals surface area contributed by atoms with E-state index in [1.54, 1.807) is 0 Å². The molecule has 9 heavy (non-hydrogen) atoms. The van der Waals surface area contributed by atoms with E-state index in [4.69, 9.17) is 7.85 Å². The van der Waals surface area contributed by atoms with Crippen molar-refractivity contribution in [3.8, 4) is 0 Å². The SMILES string of the molecule is [B]CC(C)CCCCC. The molecule has 1 atom stereocenters. The zero-order chi connectivity index (χ0) is 7.11. The van der Waals surface area contributed by atoms with E-state index in [-0.39, 0.29) is 0 Å². The highest BCUT2D eigenvalue weighted by Gasteiger charge is 1.95. The van der Waals surface area contributed by atoms with E-state index >= 15 is 0 Å². The van der Waals surface area contributed by atoms with Crippen LogP contribution in [0.25, 0.3) is 0 Å². The van der Waals surface area contributed by atoms with Crippen molar-refractivity contribution in [1.29, 1.82) is 0 Å². The molecule has 0 saturated heterocycles. The summed E-state index contributed by atoms with van der Waals surface area (Å²) >= 11 is 0. The number of hydrogen-bond donors (Lipinski definition) is 0. The second kappa shape index (κ2) is 6.19. The van der Waals surface area contributed by atoms with E-state index in [2.05, 4.69) is 13.8 Å². The average molecular weight is 124 g/mol. The molecule has 52 valence electrons. The quantitative estimate of drug-likeness (QED) is 0.390. The largest absolute Gasteiger partial charge is 0.0862 e. The molecule has 0 aromatic carbocycles. The van der Waals surface area contributed by atoms with Gasteiger partial charge in [0.2, 0.25) is 0 Å². The van der Waals surface area contributed by atoms with Gasteiger partial charge in [-0.1, -0.05) is 51.8 Å². The molecule has 0 saturated carbocycles. The van der Waals surface area contributed by atoms with Crippen molar-refractivity contribution in [1.82, 2.24) is 0 Å². The van der Waals surface area contributed by atoms with Crippen molar-refractivity contribution in [2.45, 2.75) is 45.9 Å². The maximum Gasteiger partial charge on any atom is 0.0656 e. The van der Waals surface area contributed by atoms with Gasteiger partial charge < -0.3 is 0 Å². The van der Waals surface area contributed by atoms with Crippen LogP contribution in [-0.2, 0) is 0 Å². The van der Waals surface area contributed by atoms with Crippen LogP contribution in [0.4, 0.5) is 0 Å². The summed E-state index contributed by atoms with van der Waals surface area (Å²) in [5.41, 5.74) is 0. The van der Waals surface area contributed by atoms with Gasteiger partial charge >= 0.3 is 0 Å². The summed E-state index contributed by atoms with van der Waals surface area (Å²) in [4.78, 5) is 0. The monoisotopic (exact) mass is 124 g/mol. The first-order chi connectivity index (χ1) is 4.31. The Labute approximate surface area is 60.4 Å². The lowest BCUT2D eigenvalue weighted by atomic mass is 9.89. The standard InChI is InChI=1S/C8H17B/c1-3-4-5-6-8(2)7-9/h8H,3-7H2,1-2H3. The molecule has 0 aliphatic rings. The van der Waals surface area contributed by atoms with E-state index in [1.165, 1.54) is 25.7 Å². The van der Waals surface area contributed by atoms with Gasteiger partial charge in [-0.2, -0.15) is 0 Å². The second-order valence-corrected chi connectivity index (χ2v) is 2.84. The Morgan fingerprint density at radius 3 is 2.44 bits per heavy atom. The molecule has 1 unspecified atom stereocenters. The van der Waals surface area contributed by atoms with Gasteiger partial charge in [0.15, 0.2) is 0 Å². The Balaban J connectivity index is 2.88. The van der Waals surface area contributed by atoms with E-state index < -0.39 is 0 Å². The fourth-order valence-electron chi connectivity index (χ4n) is 0.861. The Kier molecular flexibility index (Phi) is 6.23. The van der Waals surface area contributed by atoms with Crippen LogP contribution in [0.3, 0.4) is 0 Å². The molecular weight excluding hydrogens is 107 g/mol. The zero-order valence-electron chi connectivity index (χ0n) is 6.69. The summed E-state index contributed by atoms with van der Waals surface area (Å²) in [6.45, 7) is 4.45. The highest BCUT2D eigenvalue weighted by atomic mass is 14.0. The predicted molar refractivity (Wildman–Crippen MR) is 43.9 cm³/mol. The van der Waals surface area contributed by atoms with Crippen LogP contribution in [0.5, 0.6) is 0 Å². The molecule has 0 N–H and O–H groups in total. The Morgan fingerprint density at radius 2 is 2.00 bits per heavy atom. The van der Waals surface area contributed by atoms with Crippen LogP contribution in [0.1, 0.15) is 39.5 Å². The molecular formula is C8H17B. The van der Waals surface area contributed by atoms with Crippen molar-refractivity contribution in [2.24, 2.45) is 5.92 Å². The van der Waals surface area contributed by atoms with Crippen LogP contribution in [0, 0.1) is 5.92 Å². The van der Waals surface area contributed by atoms with Gasteiger partial charge in [-0.25, -0.2) is 0 Å². The summed E-state index contributed by atoms with van der Waals surface area (Å²) in [6, 6.07) is 0. The van der Waals surface area contributed by atoms with E-state index in [0.717, 1.165) is 12.2 Å². The maximum absolute atomic E-state index is 5.45. The lowest BCUT2D eigenvalue weighted by molar-refractivity contribution is 0.534. The van der Waals surface area contributed by atoms with Crippen LogP contribution in [0.15, 0.2) is 0 Å². The van der Waals surface area contributed by atoms with E-state index in [1.807, 2.05) is 0 Å². The van der Waals surface area contributed by atoms with E-state index in [9.17, 15) is 0 Å². The number of hydrogen-bond acceptors (Lipinski definition) is 0. The molecule has 0 fully saturated rings. The van der Waals surface area contributed by atoms with Crippen LogP contribution < -0.4 is 0 Å². The molecule has 0 aromatic heterocycles. The maximum atomic E-state index is 5.45. The molecule has 0 rings (SSSR count). The van der Waals surface area contributed by atoms with E-state index in [0.29, 0.717) is 0 Å². The minimum Gasteiger partial charge on any atom is -0.0862 e. The third kappa shape index (κ3) is 5.94. The topological polar surface area (TPSA) is 0 Å². The third-order valence-corrected chi connectivity index (χ3v) is 1.70. The van der Waals surface area contributed by atoms with Crippen molar-refractivity contribution >= 4 is 7.85 Å². The molecule has 0 aromatic rings. The molecule has 0 aliphatic carbocycles. The van der Waals surface area contributed by atoms with Gasteiger partial charge in [0, 0.05) is 0 Å². The molecule has 0 nitrogen and oxygen atoms in total. The summed E-state index contributed by atoms with van der Waals surface area (Å²) in [5, 5.41) is 0.